The molecule has 3 rings (SSSR count). The van der Waals surface area contributed by atoms with Crippen molar-refractivity contribution in [2.45, 2.75) is 13.0 Å². The Bertz CT molecular complexity index is 1040. The summed E-state index contributed by atoms with van der Waals surface area (Å²) >= 11 is 7.45. The fraction of sp³-hybridized carbons (Fsp3) is 0.227. The van der Waals surface area contributed by atoms with Gasteiger partial charge < -0.3 is 25.4 Å². The number of para-hydroxylation sites is 1. The van der Waals surface area contributed by atoms with Gasteiger partial charge in [0.2, 0.25) is 5.91 Å². The molecule has 1 saturated heterocycles. The molecule has 2 aromatic carbocycles. The number of anilines is 1. The largest absolute Gasteiger partial charge is 0.490 e. The van der Waals surface area contributed by atoms with Crippen molar-refractivity contribution in [3.63, 3.8) is 0 Å². The van der Waals surface area contributed by atoms with E-state index in [2.05, 4.69) is 45.1 Å². The fourth-order valence-corrected chi connectivity index (χ4v) is 4.33. The third kappa shape index (κ3) is 5.45. The highest BCUT2D eigenvalue weighted by molar-refractivity contribution is 14.1. The summed E-state index contributed by atoms with van der Waals surface area (Å²) in [7, 11) is 0. The van der Waals surface area contributed by atoms with Crippen LogP contribution in [0.4, 0.5) is 5.69 Å². The number of carbonyl (C=O) groups is 1. The second-order valence-corrected chi connectivity index (χ2v) is 8.21. The van der Waals surface area contributed by atoms with Crippen LogP contribution in [0.5, 0.6) is 11.5 Å². The Morgan fingerprint density at radius 1 is 1.32 bits per heavy atom. The van der Waals surface area contributed by atoms with Crippen LogP contribution >= 0.6 is 34.8 Å². The number of hydrogen-bond donors (Lipinski definition) is 3. The predicted octanol–water partition coefficient (Wildman–Crippen LogP) is 3.88. The van der Waals surface area contributed by atoms with Crippen molar-refractivity contribution in [3.05, 3.63) is 63.9 Å². The number of halogens is 1. The SMILES string of the molecule is C=C1NC(=S)N[C@@H](c2cc(I)c(OCC#N)c(OCC)c2)[C@@H]1C(=O)Nc1ccccc1. The van der Waals surface area contributed by atoms with Crippen molar-refractivity contribution in [3.8, 4) is 17.6 Å². The summed E-state index contributed by atoms with van der Waals surface area (Å²) in [6, 6.07) is 14.4. The second-order valence-electron chi connectivity index (χ2n) is 6.64. The molecule has 0 aliphatic carbocycles. The number of ether oxygens (including phenoxy) is 2. The maximum atomic E-state index is 13.2. The lowest BCUT2D eigenvalue weighted by atomic mass is 9.88. The minimum absolute atomic E-state index is 0.0932. The molecule has 1 aliphatic heterocycles. The zero-order valence-electron chi connectivity index (χ0n) is 16.8. The molecule has 2 aromatic rings. The van der Waals surface area contributed by atoms with E-state index in [9.17, 15) is 4.79 Å². The zero-order valence-corrected chi connectivity index (χ0v) is 19.7. The third-order valence-corrected chi connectivity index (χ3v) is 5.59. The van der Waals surface area contributed by atoms with E-state index in [0.29, 0.717) is 34.6 Å². The first kappa shape index (κ1) is 22.8. The second kappa shape index (κ2) is 10.5. The molecule has 1 aliphatic rings. The minimum atomic E-state index is -0.636. The molecule has 9 heteroatoms. The monoisotopic (exact) mass is 548 g/mol. The summed E-state index contributed by atoms with van der Waals surface area (Å²) in [4.78, 5) is 13.2. The van der Waals surface area contributed by atoms with E-state index in [1.165, 1.54) is 0 Å². The molecule has 31 heavy (non-hydrogen) atoms. The lowest BCUT2D eigenvalue weighted by Crippen LogP contribution is -2.51. The molecule has 0 radical (unpaired) electrons. The Hall–Kier alpha value is -2.84. The quantitative estimate of drug-likeness (QED) is 0.357. The van der Waals surface area contributed by atoms with Gasteiger partial charge in [0.15, 0.2) is 23.2 Å². The van der Waals surface area contributed by atoms with Gasteiger partial charge in [-0.1, -0.05) is 24.8 Å². The van der Waals surface area contributed by atoms with Gasteiger partial charge in [-0.05, 0) is 71.6 Å². The normalized spacial score (nSPS) is 17.7. The molecule has 3 N–H and O–H groups in total. The predicted molar refractivity (Wildman–Crippen MR) is 131 cm³/mol. The molecule has 7 nitrogen and oxygen atoms in total. The summed E-state index contributed by atoms with van der Waals surface area (Å²) in [5, 5.41) is 18.3. The summed E-state index contributed by atoms with van der Waals surface area (Å²) < 4.78 is 12.1. The molecule has 0 saturated carbocycles. The Morgan fingerprint density at radius 2 is 2.06 bits per heavy atom. The Balaban J connectivity index is 1.98. The van der Waals surface area contributed by atoms with Gasteiger partial charge in [-0.2, -0.15) is 5.26 Å². The van der Waals surface area contributed by atoms with E-state index in [-0.39, 0.29) is 12.5 Å². The van der Waals surface area contributed by atoms with Crippen LogP contribution in [-0.4, -0.2) is 24.2 Å². The van der Waals surface area contributed by atoms with Gasteiger partial charge >= 0.3 is 0 Å². The first-order valence-electron chi connectivity index (χ1n) is 9.52. The number of thiocarbonyl (C=S) groups is 1. The van der Waals surface area contributed by atoms with Crippen LogP contribution in [0.1, 0.15) is 18.5 Å². The van der Waals surface area contributed by atoms with Gasteiger partial charge in [0.25, 0.3) is 0 Å². The number of nitrogens with zero attached hydrogens (tertiary/aromatic N) is 1. The van der Waals surface area contributed by atoms with Crippen molar-refractivity contribution in [1.29, 1.82) is 5.26 Å². The Kier molecular flexibility index (Phi) is 7.70. The van der Waals surface area contributed by atoms with Gasteiger partial charge in [0.05, 0.1) is 16.2 Å². The molecule has 160 valence electrons. The number of nitriles is 1. The van der Waals surface area contributed by atoms with Crippen molar-refractivity contribution < 1.29 is 14.3 Å². The number of rotatable bonds is 7. The molecule has 0 bridgehead atoms. The van der Waals surface area contributed by atoms with E-state index in [4.69, 9.17) is 27.0 Å². The van der Waals surface area contributed by atoms with Crippen LogP contribution < -0.4 is 25.4 Å². The summed E-state index contributed by atoms with van der Waals surface area (Å²) in [6.45, 7) is 6.22. The molecule has 0 aromatic heterocycles. The topological polar surface area (TPSA) is 95.4 Å². The fourth-order valence-electron chi connectivity index (χ4n) is 3.29. The van der Waals surface area contributed by atoms with Crippen LogP contribution in [0, 0.1) is 20.8 Å². The number of carbonyl (C=O) groups excluding carboxylic acids is 1. The maximum absolute atomic E-state index is 13.2. The first-order valence-corrected chi connectivity index (χ1v) is 11.0. The summed E-state index contributed by atoms with van der Waals surface area (Å²) in [5.41, 5.74) is 1.98. The van der Waals surface area contributed by atoms with Gasteiger partial charge in [-0.15, -0.1) is 0 Å². The van der Waals surface area contributed by atoms with Crippen LogP contribution in [0.3, 0.4) is 0 Å². The van der Waals surface area contributed by atoms with Crippen molar-refractivity contribution in [1.82, 2.24) is 10.6 Å². The van der Waals surface area contributed by atoms with E-state index < -0.39 is 12.0 Å². The number of nitrogens with one attached hydrogen (secondary N) is 3. The standard InChI is InChI=1S/C22H21IN4O3S/c1-3-29-17-12-14(11-16(23)20(17)30-10-9-24)19-18(13(2)25-22(31)27-19)21(28)26-15-7-5-4-6-8-15/h4-8,11-12,18-19H,2-3,10H2,1H3,(H,26,28)(H2,25,27,31)/t18-,19+/m1/s1. The summed E-state index contributed by atoms with van der Waals surface area (Å²) in [5.74, 6) is 0.136. The van der Waals surface area contributed by atoms with Gasteiger partial charge in [0.1, 0.15) is 12.0 Å². The Labute approximate surface area is 199 Å². The molecule has 0 spiro atoms. The third-order valence-electron chi connectivity index (χ3n) is 4.57. The first-order chi connectivity index (χ1) is 14.9. The molecule has 0 unspecified atom stereocenters. The minimum Gasteiger partial charge on any atom is -0.490 e. The molecular formula is C22H21IN4O3S. The average molecular weight is 548 g/mol. The van der Waals surface area contributed by atoms with Crippen molar-refractivity contribution in [2.24, 2.45) is 5.92 Å². The number of benzene rings is 2. The Morgan fingerprint density at radius 3 is 2.74 bits per heavy atom. The molecule has 1 heterocycles. The van der Waals surface area contributed by atoms with Gasteiger partial charge in [-0.3, -0.25) is 4.79 Å². The number of amides is 1. The molecule has 1 amide bonds. The zero-order chi connectivity index (χ0) is 22.4. The summed E-state index contributed by atoms with van der Waals surface area (Å²) in [6.07, 6.45) is 0. The molecule has 1 fully saturated rings. The maximum Gasteiger partial charge on any atom is 0.235 e. The van der Waals surface area contributed by atoms with Crippen LogP contribution in [0.2, 0.25) is 0 Å². The van der Waals surface area contributed by atoms with E-state index in [1.54, 1.807) is 6.07 Å². The lowest BCUT2D eigenvalue weighted by Gasteiger charge is -2.35. The highest BCUT2D eigenvalue weighted by Gasteiger charge is 2.37. The highest BCUT2D eigenvalue weighted by atomic mass is 127. The lowest BCUT2D eigenvalue weighted by molar-refractivity contribution is -0.119. The van der Waals surface area contributed by atoms with E-state index >= 15 is 0 Å². The van der Waals surface area contributed by atoms with E-state index in [1.807, 2.05) is 49.4 Å². The van der Waals surface area contributed by atoms with Crippen molar-refractivity contribution in [2.75, 3.05) is 18.5 Å². The van der Waals surface area contributed by atoms with Crippen LogP contribution in [0.25, 0.3) is 0 Å². The van der Waals surface area contributed by atoms with Crippen molar-refractivity contribution >= 4 is 51.5 Å². The molecular weight excluding hydrogens is 527 g/mol. The number of hydrogen-bond acceptors (Lipinski definition) is 5. The average Bonchev–Trinajstić information content (AvgIpc) is 2.73. The van der Waals surface area contributed by atoms with Gasteiger partial charge in [0, 0.05) is 11.4 Å². The van der Waals surface area contributed by atoms with Crippen LogP contribution in [-0.2, 0) is 4.79 Å². The smallest absolute Gasteiger partial charge is 0.235 e. The highest BCUT2D eigenvalue weighted by Crippen LogP contribution is 2.39. The van der Waals surface area contributed by atoms with E-state index in [0.717, 1.165) is 9.13 Å². The van der Waals surface area contributed by atoms with Crippen LogP contribution in [0.15, 0.2) is 54.7 Å². The molecule has 2 atom stereocenters. The van der Waals surface area contributed by atoms with Gasteiger partial charge in [-0.25, -0.2) is 0 Å².